The summed E-state index contributed by atoms with van der Waals surface area (Å²) in [5.74, 6) is 1.16. The molecule has 1 N–H and O–H groups in total. The van der Waals surface area contributed by atoms with Crippen molar-refractivity contribution in [2.75, 3.05) is 12.8 Å². The molecule has 0 aliphatic heterocycles. The third-order valence-electron chi connectivity index (χ3n) is 3.08. The van der Waals surface area contributed by atoms with E-state index in [4.69, 9.17) is 0 Å². The highest BCUT2D eigenvalue weighted by Crippen LogP contribution is 2.22. The Balaban J connectivity index is 2.24. The summed E-state index contributed by atoms with van der Waals surface area (Å²) in [5, 5.41) is 3.43. The van der Waals surface area contributed by atoms with Crippen LogP contribution in [0.15, 0.2) is 33.6 Å². The lowest BCUT2D eigenvalue weighted by atomic mass is 10.1. The molecule has 0 aliphatic rings. The Bertz CT molecular complexity index is 313. The molecule has 0 spiro atoms. The number of halogens is 1. The number of unbranched alkanes of at least 4 members (excludes halogenated alkanes) is 3. The number of thioether (sulfide) groups is 1. The van der Waals surface area contributed by atoms with E-state index in [1.54, 1.807) is 0 Å². The molecule has 0 heterocycles. The first-order valence-corrected chi connectivity index (χ1v) is 8.59. The van der Waals surface area contributed by atoms with Gasteiger partial charge in [0.1, 0.15) is 0 Å². The number of benzene rings is 1. The second-order valence-electron chi connectivity index (χ2n) is 4.60. The number of nitrogens with one attached hydrogen (secondary N) is 1. The van der Waals surface area contributed by atoms with Crippen molar-refractivity contribution in [3.05, 3.63) is 28.7 Å². The second kappa shape index (κ2) is 9.88. The van der Waals surface area contributed by atoms with Crippen molar-refractivity contribution < 1.29 is 0 Å². The van der Waals surface area contributed by atoms with Crippen LogP contribution >= 0.6 is 27.7 Å². The third kappa shape index (κ3) is 6.81. The van der Waals surface area contributed by atoms with Gasteiger partial charge in [-0.2, -0.15) is 0 Å². The molecule has 0 saturated carbocycles. The summed E-state index contributed by atoms with van der Waals surface area (Å²) >= 11 is 5.41. The van der Waals surface area contributed by atoms with Crippen LogP contribution in [0.25, 0.3) is 0 Å². The first-order chi connectivity index (χ1) is 8.76. The van der Waals surface area contributed by atoms with E-state index in [1.165, 1.54) is 37.0 Å². The Morgan fingerprint density at radius 1 is 1.17 bits per heavy atom. The average Bonchev–Trinajstić information content (AvgIpc) is 2.40. The molecule has 102 valence electrons. The predicted molar refractivity (Wildman–Crippen MR) is 86.5 cm³/mol. The van der Waals surface area contributed by atoms with E-state index in [-0.39, 0.29) is 0 Å². The van der Waals surface area contributed by atoms with Gasteiger partial charge in [0.2, 0.25) is 0 Å². The minimum atomic E-state index is 0.635. The Morgan fingerprint density at radius 2 is 1.89 bits per heavy atom. The van der Waals surface area contributed by atoms with Crippen LogP contribution in [-0.2, 0) is 0 Å². The molecule has 18 heavy (non-hydrogen) atoms. The zero-order valence-corrected chi connectivity index (χ0v) is 13.8. The zero-order chi connectivity index (χ0) is 13.2. The van der Waals surface area contributed by atoms with Gasteiger partial charge in [0, 0.05) is 21.2 Å². The summed E-state index contributed by atoms with van der Waals surface area (Å²) in [6, 6.07) is 9.21. The predicted octanol–water partition coefficient (Wildman–Crippen LogP) is 5.10. The van der Waals surface area contributed by atoms with Crippen molar-refractivity contribution in [3.63, 3.8) is 0 Å². The summed E-state index contributed by atoms with van der Waals surface area (Å²) in [6.07, 6.45) is 6.70. The van der Waals surface area contributed by atoms with Crippen molar-refractivity contribution in [1.29, 1.82) is 0 Å². The highest BCUT2D eigenvalue weighted by molar-refractivity contribution is 9.10. The van der Waals surface area contributed by atoms with E-state index in [1.807, 2.05) is 11.8 Å². The standard InChI is InChI=1S/C15H24BrNS/c1-3-4-5-6-7-14(17-2)12-18-15-10-8-13(16)9-11-15/h8-11,14,17H,3-7,12H2,1-2H3. The van der Waals surface area contributed by atoms with Gasteiger partial charge in [-0.05, 0) is 37.7 Å². The Labute approximate surface area is 124 Å². The van der Waals surface area contributed by atoms with Crippen molar-refractivity contribution in [1.82, 2.24) is 5.32 Å². The second-order valence-corrected chi connectivity index (χ2v) is 6.61. The van der Waals surface area contributed by atoms with Gasteiger partial charge in [0.15, 0.2) is 0 Å². The van der Waals surface area contributed by atoms with Crippen LogP contribution in [0.2, 0.25) is 0 Å². The summed E-state index contributed by atoms with van der Waals surface area (Å²) in [7, 11) is 2.08. The summed E-state index contributed by atoms with van der Waals surface area (Å²) in [4.78, 5) is 1.35. The van der Waals surface area contributed by atoms with Gasteiger partial charge in [0.25, 0.3) is 0 Å². The number of rotatable bonds is 9. The Kier molecular flexibility index (Phi) is 8.82. The SMILES string of the molecule is CCCCCCC(CSc1ccc(Br)cc1)NC. The topological polar surface area (TPSA) is 12.0 Å². The fourth-order valence-corrected chi connectivity index (χ4v) is 3.18. The normalized spacial score (nSPS) is 12.6. The van der Waals surface area contributed by atoms with Crippen molar-refractivity contribution >= 4 is 27.7 Å². The monoisotopic (exact) mass is 329 g/mol. The van der Waals surface area contributed by atoms with Crippen LogP contribution in [0.4, 0.5) is 0 Å². The largest absolute Gasteiger partial charge is 0.316 e. The highest BCUT2D eigenvalue weighted by atomic mass is 79.9. The van der Waals surface area contributed by atoms with Gasteiger partial charge in [0.05, 0.1) is 0 Å². The fraction of sp³-hybridized carbons (Fsp3) is 0.600. The quantitative estimate of drug-likeness (QED) is 0.499. The Hall–Kier alpha value is 0.01000. The van der Waals surface area contributed by atoms with Gasteiger partial charge >= 0.3 is 0 Å². The van der Waals surface area contributed by atoms with E-state index >= 15 is 0 Å². The van der Waals surface area contributed by atoms with E-state index in [0.29, 0.717) is 6.04 Å². The molecule has 1 unspecified atom stereocenters. The van der Waals surface area contributed by atoms with Crippen LogP contribution in [0.5, 0.6) is 0 Å². The van der Waals surface area contributed by atoms with Gasteiger partial charge in [-0.25, -0.2) is 0 Å². The summed E-state index contributed by atoms with van der Waals surface area (Å²) in [6.45, 7) is 2.26. The lowest BCUT2D eigenvalue weighted by Gasteiger charge is -2.15. The molecule has 1 aromatic carbocycles. The molecule has 0 radical (unpaired) electrons. The van der Waals surface area contributed by atoms with Crippen LogP contribution in [0.1, 0.15) is 39.0 Å². The maximum Gasteiger partial charge on any atom is 0.0176 e. The van der Waals surface area contributed by atoms with E-state index in [0.717, 1.165) is 10.2 Å². The lowest BCUT2D eigenvalue weighted by molar-refractivity contribution is 0.523. The maximum absolute atomic E-state index is 3.47. The van der Waals surface area contributed by atoms with E-state index in [9.17, 15) is 0 Å². The van der Waals surface area contributed by atoms with Crippen LogP contribution in [0.3, 0.4) is 0 Å². The molecule has 1 nitrogen and oxygen atoms in total. The lowest BCUT2D eigenvalue weighted by Crippen LogP contribution is -2.27. The number of hydrogen-bond donors (Lipinski definition) is 1. The van der Waals surface area contributed by atoms with E-state index < -0.39 is 0 Å². The first-order valence-electron chi connectivity index (χ1n) is 6.82. The molecule has 0 amide bonds. The van der Waals surface area contributed by atoms with Gasteiger partial charge in [-0.3, -0.25) is 0 Å². The van der Waals surface area contributed by atoms with Gasteiger partial charge in [-0.1, -0.05) is 48.5 Å². The molecule has 3 heteroatoms. The van der Waals surface area contributed by atoms with Crippen LogP contribution in [-0.4, -0.2) is 18.8 Å². The maximum atomic E-state index is 3.47. The highest BCUT2D eigenvalue weighted by Gasteiger charge is 2.06. The van der Waals surface area contributed by atoms with E-state index in [2.05, 4.69) is 59.5 Å². The zero-order valence-electron chi connectivity index (χ0n) is 11.4. The average molecular weight is 330 g/mol. The first kappa shape index (κ1) is 16.1. The Morgan fingerprint density at radius 3 is 2.50 bits per heavy atom. The fourth-order valence-electron chi connectivity index (χ4n) is 1.86. The van der Waals surface area contributed by atoms with Crippen molar-refractivity contribution in [2.24, 2.45) is 0 Å². The van der Waals surface area contributed by atoms with Crippen molar-refractivity contribution in [2.45, 2.75) is 50.0 Å². The minimum Gasteiger partial charge on any atom is -0.316 e. The van der Waals surface area contributed by atoms with Crippen LogP contribution < -0.4 is 5.32 Å². The molecule has 0 aliphatic carbocycles. The molecule has 0 fully saturated rings. The number of hydrogen-bond acceptors (Lipinski definition) is 2. The smallest absolute Gasteiger partial charge is 0.0176 e. The third-order valence-corrected chi connectivity index (χ3v) is 4.78. The molecule has 0 aromatic heterocycles. The molecular formula is C15H24BrNS. The molecule has 1 aromatic rings. The molecule has 0 saturated heterocycles. The molecule has 1 rings (SSSR count). The minimum absolute atomic E-state index is 0.635. The van der Waals surface area contributed by atoms with Crippen LogP contribution in [0, 0.1) is 0 Å². The molecular weight excluding hydrogens is 306 g/mol. The van der Waals surface area contributed by atoms with Gasteiger partial charge in [-0.15, -0.1) is 11.8 Å². The van der Waals surface area contributed by atoms with Crippen molar-refractivity contribution in [3.8, 4) is 0 Å². The molecule has 0 bridgehead atoms. The summed E-state index contributed by atoms with van der Waals surface area (Å²) < 4.78 is 1.15. The molecule has 1 atom stereocenters. The van der Waals surface area contributed by atoms with Gasteiger partial charge < -0.3 is 5.32 Å². The summed E-state index contributed by atoms with van der Waals surface area (Å²) in [5.41, 5.74) is 0.